The van der Waals surface area contributed by atoms with E-state index >= 15 is 0 Å². The number of benzene rings is 1. The van der Waals surface area contributed by atoms with Crippen molar-refractivity contribution in [2.24, 2.45) is 0 Å². The van der Waals surface area contributed by atoms with Crippen LogP contribution in [-0.2, 0) is 0 Å². The maximum absolute atomic E-state index is 2.45. The highest BCUT2D eigenvalue weighted by atomic mass is 31.2. The van der Waals surface area contributed by atoms with Crippen molar-refractivity contribution >= 4 is 12.6 Å². The first-order valence-corrected chi connectivity index (χ1v) is 11.7. The SMILES string of the molecule is CC=C(c1ccccc1)[P+](CCCC)(CCCC)CCCC. The molecule has 0 radical (unpaired) electrons. The summed E-state index contributed by atoms with van der Waals surface area (Å²) in [5.41, 5.74) is 1.49. The Hall–Kier alpha value is -0.610. The number of unbranched alkanes of at least 4 members (excludes halogenated alkanes) is 3. The van der Waals surface area contributed by atoms with Crippen LogP contribution in [0.4, 0.5) is 0 Å². The average molecular weight is 319 g/mol. The highest BCUT2D eigenvalue weighted by Crippen LogP contribution is 2.70. The average Bonchev–Trinajstić information content (AvgIpc) is 2.57. The van der Waals surface area contributed by atoms with Crippen molar-refractivity contribution in [3.63, 3.8) is 0 Å². The van der Waals surface area contributed by atoms with Crippen LogP contribution < -0.4 is 0 Å². The number of hydrogen-bond acceptors (Lipinski definition) is 0. The minimum absolute atomic E-state index is 1.02. The van der Waals surface area contributed by atoms with Crippen molar-refractivity contribution in [2.75, 3.05) is 18.5 Å². The molecular weight excluding hydrogens is 283 g/mol. The molecular formula is C21H36P+. The molecule has 1 aromatic rings. The fraction of sp³-hybridized carbons (Fsp3) is 0.619. The van der Waals surface area contributed by atoms with E-state index in [4.69, 9.17) is 0 Å². The van der Waals surface area contributed by atoms with Crippen LogP contribution in [0.15, 0.2) is 36.4 Å². The summed E-state index contributed by atoms with van der Waals surface area (Å²) in [6, 6.07) is 11.2. The van der Waals surface area contributed by atoms with E-state index in [1.807, 2.05) is 0 Å². The van der Waals surface area contributed by atoms with Crippen molar-refractivity contribution < 1.29 is 0 Å². The molecule has 0 amide bonds. The fourth-order valence-corrected chi connectivity index (χ4v) is 8.81. The molecule has 0 heterocycles. The van der Waals surface area contributed by atoms with E-state index in [1.54, 1.807) is 5.31 Å². The van der Waals surface area contributed by atoms with E-state index in [9.17, 15) is 0 Å². The van der Waals surface area contributed by atoms with Gasteiger partial charge in [-0.25, -0.2) is 0 Å². The van der Waals surface area contributed by atoms with Crippen LogP contribution in [0.5, 0.6) is 0 Å². The van der Waals surface area contributed by atoms with Crippen LogP contribution >= 0.6 is 7.26 Å². The zero-order chi connectivity index (χ0) is 16.3. The summed E-state index contributed by atoms with van der Waals surface area (Å²) in [6.45, 7) is 9.28. The van der Waals surface area contributed by atoms with E-state index in [0.717, 1.165) is 0 Å². The second-order valence-corrected chi connectivity index (χ2v) is 10.5. The summed E-state index contributed by atoms with van der Waals surface area (Å²) in [5.74, 6) is 0. The third-order valence-corrected chi connectivity index (χ3v) is 9.73. The summed E-state index contributed by atoms with van der Waals surface area (Å²) < 4.78 is 0. The zero-order valence-corrected chi connectivity index (χ0v) is 16.2. The van der Waals surface area contributed by atoms with E-state index in [2.05, 4.69) is 64.1 Å². The highest BCUT2D eigenvalue weighted by molar-refractivity contribution is 7.85. The number of allylic oxidation sites excluding steroid dienone is 1. The van der Waals surface area contributed by atoms with Crippen LogP contribution in [0.2, 0.25) is 0 Å². The van der Waals surface area contributed by atoms with Crippen LogP contribution in [-0.4, -0.2) is 18.5 Å². The maximum Gasteiger partial charge on any atom is 0.0968 e. The molecule has 22 heavy (non-hydrogen) atoms. The third-order valence-electron chi connectivity index (χ3n) is 4.67. The zero-order valence-electron chi connectivity index (χ0n) is 15.3. The van der Waals surface area contributed by atoms with Gasteiger partial charge < -0.3 is 0 Å². The Labute approximate surface area is 139 Å². The largest absolute Gasteiger partial charge is 0.0968 e. The molecule has 0 bridgehead atoms. The second kappa shape index (κ2) is 11.0. The molecule has 0 spiro atoms. The molecule has 0 aliphatic heterocycles. The lowest BCUT2D eigenvalue weighted by molar-refractivity contribution is 0.841. The summed E-state index contributed by atoms with van der Waals surface area (Å²) in [7, 11) is -1.02. The summed E-state index contributed by atoms with van der Waals surface area (Å²) >= 11 is 0. The smallest absolute Gasteiger partial charge is 0.0652 e. The molecule has 124 valence electrons. The van der Waals surface area contributed by atoms with E-state index < -0.39 is 7.26 Å². The Kier molecular flexibility index (Phi) is 9.73. The van der Waals surface area contributed by atoms with Gasteiger partial charge in [-0.1, -0.05) is 70.4 Å². The van der Waals surface area contributed by atoms with Gasteiger partial charge in [0.25, 0.3) is 0 Å². The Morgan fingerprint density at radius 3 is 1.64 bits per heavy atom. The van der Waals surface area contributed by atoms with Crippen molar-refractivity contribution in [2.45, 2.75) is 66.2 Å². The molecule has 1 rings (SSSR count). The topological polar surface area (TPSA) is 0 Å². The first-order valence-electron chi connectivity index (χ1n) is 9.32. The third kappa shape index (κ3) is 5.54. The van der Waals surface area contributed by atoms with Crippen molar-refractivity contribution in [3.05, 3.63) is 42.0 Å². The standard InChI is InChI=1S/C21H36P/c1-5-9-17-22(18-10-6-2,19-11-7-3)21(8-4)20-15-13-12-14-16-20/h8,12-16H,5-7,9-11,17-19H2,1-4H3/q+1. The predicted molar refractivity (Wildman–Crippen MR) is 106 cm³/mol. The molecule has 0 aromatic heterocycles. The molecule has 0 atom stereocenters. The molecule has 1 aromatic carbocycles. The van der Waals surface area contributed by atoms with Crippen LogP contribution in [0.3, 0.4) is 0 Å². The van der Waals surface area contributed by atoms with Gasteiger partial charge in [0.1, 0.15) is 0 Å². The van der Waals surface area contributed by atoms with Gasteiger partial charge >= 0.3 is 0 Å². The Bertz CT molecular complexity index is 397. The van der Waals surface area contributed by atoms with Gasteiger partial charge in [-0.15, -0.1) is 0 Å². The first-order chi connectivity index (χ1) is 10.7. The van der Waals surface area contributed by atoms with Gasteiger partial charge in [-0.3, -0.25) is 0 Å². The number of hydrogen-bond donors (Lipinski definition) is 0. The molecule has 0 saturated heterocycles. The lowest BCUT2D eigenvalue weighted by atomic mass is 10.2. The Morgan fingerprint density at radius 2 is 1.27 bits per heavy atom. The van der Waals surface area contributed by atoms with Crippen LogP contribution in [0.25, 0.3) is 5.31 Å². The van der Waals surface area contributed by atoms with Crippen molar-refractivity contribution in [1.82, 2.24) is 0 Å². The van der Waals surface area contributed by atoms with Gasteiger partial charge in [0, 0.05) is 12.8 Å². The normalized spacial score (nSPS) is 12.6. The molecule has 0 unspecified atom stereocenters. The predicted octanol–water partition coefficient (Wildman–Crippen LogP) is 7.47. The van der Waals surface area contributed by atoms with Gasteiger partial charge in [0.2, 0.25) is 0 Å². The fourth-order valence-electron chi connectivity index (χ4n) is 3.40. The Morgan fingerprint density at radius 1 is 0.818 bits per heavy atom. The summed E-state index contributed by atoms with van der Waals surface area (Å²) in [6.07, 6.45) is 15.0. The van der Waals surface area contributed by atoms with Crippen molar-refractivity contribution in [1.29, 1.82) is 0 Å². The van der Waals surface area contributed by atoms with E-state index in [-0.39, 0.29) is 0 Å². The molecule has 0 nitrogen and oxygen atoms in total. The van der Waals surface area contributed by atoms with Gasteiger partial charge in [-0.05, 0) is 32.3 Å². The molecule has 0 aliphatic carbocycles. The Balaban J connectivity index is 3.16. The monoisotopic (exact) mass is 319 g/mol. The van der Waals surface area contributed by atoms with Crippen LogP contribution in [0.1, 0.15) is 71.8 Å². The molecule has 0 aliphatic rings. The van der Waals surface area contributed by atoms with E-state index in [1.165, 1.54) is 62.6 Å². The second-order valence-electron chi connectivity index (χ2n) is 6.42. The maximum atomic E-state index is 2.45. The molecule has 1 heteroatoms. The van der Waals surface area contributed by atoms with E-state index in [0.29, 0.717) is 0 Å². The van der Waals surface area contributed by atoms with Crippen molar-refractivity contribution in [3.8, 4) is 0 Å². The van der Waals surface area contributed by atoms with Gasteiger partial charge in [0.15, 0.2) is 0 Å². The molecule has 0 N–H and O–H groups in total. The minimum atomic E-state index is -1.02. The quantitative estimate of drug-likeness (QED) is 0.371. The lowest BCUT2D eigenvalue weighted by Gasteiger charge is -2.30. The number of rotatable bonds is 11. The summed E-state index contributed by atoms with van der Waals surface area (Å²) in [4.78, 5) is 0. The minimum Gasteiger partial charge on any atom is -0.0652 e. The van der Waals surface area contributed by atoms with Crippen LogP contribution in [0, 0.1) is 0 Å². The summed E-state index contributed by atoms with van der Waals surface area (Å²) in [5, 5.41) is 1.71. The first kappa shape index (κ1) is 19.4. The molecule has 0 saturated carbocycles. The van der Waals surface area contributed by atoms with Gasteiger partial charge in [0.05, 0.1) is 23.8 Å². The lowest BCUT2D eigenvalue weighted by Crippen LogP contribution is -2.11. The molecule has 0 fully saturated rings. The van der Waals surface area contributed by atoms with Gasteiger partial charge in [-0.2, -0.15) is 0 Å². The highest BCUT2D eigenvalue weighted by Gasteiger charge is 2.40.